The summed E-state index contributed by atoms with van der Waals surface area (Å²) in [4.78, 5) is 0. The number of hydrogen-bond donors (Lipinski definition) is 0. The Labute approximate surface area is 59.5 Å². The summed E-state index contributed by atoms with van der Waals surface area (Å²) in [6.07, 6.45) is 0. The second-order valence-electron chi connectivity index (χ2n) is 1.92. The van der Waals surface area contributed by atoms with Gasteiger partial charge in [0.15, 0.2) is 0 Å². The van der Waals surface area contributed by atoms with Crippen LogP contribution in [0, 0.1) is 6.92 Å². The van der Waals surface area contributed by atoms with Crippen LogP contribution >= 0.6 is 0 Å². The topological polar surface area (TPSA) is 31.6 Å². The van der Waals surface area contributed by atoms with Crippen molar-refractivity contribution in [2.75, 3.05) is 14.2 Å². The summed E-state index contributed by atoms with van der Waals surface area (Å²) in [6, 6.07) is 1.78. The zero-order valence-electron chi connectivity index (χ0n) is 6.30. The molecule has 0 aliphatic carbocycles. The molecule has 3 nitrogen and oxygen atoms in total. The molecule has 1 aromatic rings. The van der Waals surface area contributed by atoms with Gasteiger partial charge in [-0.1, -0.05) is 0 Å². The van der Waals surface area contributed by atoms with Crippen molar-refractivity contribution in [2.24, 2.45) is 0 Å². The Balaban J connectivity index is 2.96. The molecule has 0 N–H and O–H groups in total. The molecule has 0 radical (unpaired) electrons. The number of ether oxygens (including phenoxy) is 2. The van der Waals surface area contributed by atoms with Crippen molar-refractivity contribution < 1.29 is 13.9 Å². The highest BCUT2D eigenvalue weighted by atomic mass is 16.6. The van der Waals surface area contributed by atoms with Gasteiger partial charge in [-0.25, -0.2) is 0 Å². The molecular weight excluding hydrogens is 132 g/mol. The van der Waals surface area contributed by atoms with Gasteiger partial charge < -0.3 is 13.9 Å². The van der Waals surface area contributed by atoms with Crippen LogP contribution in [0.1, 0.15) is 5.76 Å². The quantitative estimate of drug-likeness (QED) is 0.628. The largest absolute Gasteiger partial charge is 0.490 e. The number of aryl methyl sites for hydroxylation is 1. The van der Waals surface area contributed by atoms with Gasteiger partial charge in [0.1, 0.15) is 5.76 Å². The molecule has 0 aliphatic rings. The van der Waals surface area contributed by atoms with E-state index in [4.69, 9.17) is 13.9 Å². The van der Waals surface area contributed by atoms with Crippen molar-refractivity contribution in [3.05, 3.63) is 11.8 Å². The van der Waals surface area contributed by atoms with E-state index >= 15 is 0 Å². The van der Waals surface area contributed by atoms with E-state index in [1.807, 2.05) is 6.92 Å². The van der Waals surface area contributed by atoms with Gasteiger partial charge in [-0.3, -0.25) is 0 Å². The first-order valence-corrected chi connectivity index (χ1v) is 2.96. The lowest BCUT2D eigenvalue weighted by molar-refractivity contribution is 0.275. The fraction of sp³-hybridized carbons (Fsp3) is 0.429. The number of hydrogen-bond acceptors (Lipinski definition) is 3. The third kappa shape index (κ3) is 1.07. The molecule has 0 unspecified atom stereocenters. The Hall–Kier alpha value is -1.12. The van der Waals surface area contributed by atoms with Gasteiger partial charge in [0.2, 0.25) is 5.75 Å². The summed E-state index contributed by atoms with van der Waals surface area (Å²) in [6.45, 7) is 1.84. The SMILES string of the molecule is COc1cc(C)oc1OC. The zero-order valence-corrected chi connectivity index (χ0v) is 6.30. The van der Waals surface area contributed by atoms with E-state index < -0.39 is 0 Å². The van der Waals surface area contributed by atoms with Crippen LogP contribution in [0.4, 0.5) is 0 Å². The standard InChI is InChI=1S/C7H10O3/c1-5-4-6(8-2)7(9-3)10-5/h4H,1-3H3. The van der Waals surface area contributed by atoms with E-state index in [1.54, 1.807) is 20.3 Å². The second-order valence-corrected chi connectivity index (χ2v) is 1.92. The summed E-state index contributed by atoms with van der Waals surface area (Å²) >= 11 is 0. The lowest BCUT2D eigenvalue weighted by atomic mass is 10.5. The van der Waals surface area contributed by atoms with Crippen LogP contribution in [0.15, 0.2) is 10.5 Å². The van der Waals surface area contributed by atoms with Crippen LogP contribution in [0.5, 0.6) is 11.7 Å². The van der Waals surface area contributed by atoms with Crippen LogP contribution in [0.3, 0.4) is 0 Å². The Kier molecular flexibility index (Phi) is 1.85. The average Bonchev–Trinajstić information content (AvgIpc) is 2.30. The molecule has 1 heterocycles. The Morgan fingerprint density at radius 3 is 2.40 bits per heavy atom. The molecule has 0 bridgehead atoms. The summed E-state index contributed by atoms with van der Waals surface area (Å²) in [5.74, 6) is 1.86. The summed E-state index contributed by atoms with van der Waals surface area (Å²) < 4.78 is 14.9. The maximum atomic E-state index is 5.11. The average molecular weight is 142 g/mol. The smallest absolute Gasteiger partial charge is 0.328 e. The van der Waals surface area contributed by atoms with E-state index in [2.05, 4.69) is 0 Å². The van der Waals surface area contributed by atoms with Crippen molar-refractivity contribution in [3.63, 3.8) is 0 Å². The van der Waals surface area contributed by atoms with Crippen LogP contribution in [-0.4, -0.2) is 14.2 Å². The van der Waals surface area contributed by atoms with Gasteiger partial charge in [0, 0.05) is 6.07 Å². The predicted octanol–water partition coefficient (Wildman–Crippen LogP) is 1.61. The van der Waals surface area contributed by atoms with E-state index in [9.17, 15) is 0 Å². The highest BCUT2D eigenvalue weighted by Gasteiger charge is 2.07. The van der Waals surface area contributed by atoms with Gasteiger partial charge >= 0.3 is 5.95 Å². The van der Waals surface area contributed by atoms with Crippen molar-refractivity contribution in [3.8, 4) is 11.7 Å². The van der Waals surface area contributed by atoms with Crippen LogP contribution in [0.25, 0.3) is 0 Å². The minimum absolute atomic E-state index is 0.431. The lowest BCUT2D eigenvalue weighted by Crippen LogP contribution is -1.84. The zero-order chi connectivity index (χ0) is 7.56. The Bertz CT molecular complexity index is 193. The fourth-order valence-corrected chi connectivity index (χ4v) is 0.754. The minimum atomic E-state index is 0.431. The third-order valence-electron chi connectivity index (χ3n) is 1.19. The van der Waals surface area contributed by atoms with E-state index in [0.717, 1.165) is 5.76 Å². The van der Waals surface area contributed by atoms with Crippen LogP contribution in [-0.2, 0) is 0 Å². The van der Waals surface area contributed by atoms with Crippen molar-refractivity contribution >= 4 is 0 Å². The highest BCUT2D eigenvalue weighted by molar-refractivity contribution is 5.32. The van der Waals surface area contributed by atoms with Crippen molar-refractivity contribution in [1.82, 2.24) is 0 Å². The summed E-state index contributed by atoms with van der Waals surface area (Å²) in [5.41, 5.74) is 0. The van der Waals surface area contributed by atoms with Crippen molar-refractivity contribution in [2.45, 2.75) is 6.92 Å². The van der Waals surface area contributed by atoms with Crippen LogP contribution < -0.4 is 9.47 Å². The highest BCUT2D eigenvalue weighted by Crippen LogP contribution is 2.29. The number of rotatable bonds is 2. The first kappa shape index (κ1) is 6.99. The normalized spacial score (nSPS) is 9.50. The molecule has 0 spiro atoms. The molecule has 0 atom stereocenters. The molecular formula is C7H10O3. The first-order valence-electron chi connectivity index (χ1n) is 2.96. The molecule has 0 aliphatic heterocycles. The van der Waals surface area contributed by atoms with E-state index in [0.29, 0.717) is 11.7 Å². The van der Waals surface area contributed by atoms with Gasteiger partial charge in [-0.15, -0.1) is 0 Å². The summed E-state index contributed by atoms with van der Waals surface area (Å²) in [7, 11) is 3.12. The monoisotopic (exact) mass is 142 g/mol. The van der Waals surface area contributed by atoms with Gasteiger partial charge in [0.25, 0.3) is 0 Å². The van der Waals surface area contributed by atoms with Crippen molar-refractivity contribution in [1.29, 1.82) is 0 Å². The molecule has 0 saturated heterocycles. The molecule has 1 rings (SSSR count). The Morgan fingerprint density at radius 1 is 1.30 bits per heavy atom. The van der Waals surface area contributed by atoms with Gasteiger partial charge in [0.05, 0.1) is 14.2 Å². The van der Waals surface area contributed by atoms with E-state index in [-0.39, 0.29) is 0 Å². The second kappa shape index (κ2) is 2.64. The van der Waals surface area contributed by atoms with Gasteiger partial charge in [-0.05, 0) is 6.92 Å². The predicted molar refractivity (Wildman–Crippen MR) is 36.5 cm³/mol. The molecule has 10 heavy (non-hydrogen) atoms. The fourth-order valence-electron chi connectivity index (χ4n) is 0.754. The minimum Gasteiger partial charge on any atom is -0.490 e. The molecule has 0 saturated carbocycles. The molecule has 56 valence electrons. The molecule has 0 fully saturated rings. The molecule has 3 heteroatoms. The first-order chi connectivity index (χ1) is 4.77. The maximum absolute atomic E-state index is 5.11. The molecule has 1 aromatic heterocycles. The lowest BCUT2D eigenvalue weighted by Gasteiger charge is -1.96. The van der Waals surface area contributed by atoms with Crippen LogP contribution in [0.2, 0.25) is 0 Å². The number of methoxy groups -OCH3 is 2. The maximum Gasteiger partial charge on any atom is 0.328 e. The molecule has 0 aromatic carbocycles. The molecule has 0 amide bonds. The van der Waals surface area contributed by atoms with Gasteiger partial charge in [-0.2, -0.15) is 0 Å². The Morgan fingerprint density at radius 2 is 2.00 bits per heavy atom. The third-order valence-corrected chi connectivity index (χ3v) is 1.19. The summed E-state index contributed by atoms with van der Waals surface area (Å²) in [5, 5.41) is 0. The van der Waals surface area contributed by atoms with E-state index in [1.165, 1.54) is 0 Å². The number of furan rings is 1.